The molecule has 1 fully saturated rings. The predicted octanol–water partition coefficient (Wildman–Crippen LogP) is 1.63. The van der Waals surface area contributed by atoms with Gasteiger partial charge in [0, 0.05) is 31.5 Å². The minimum atomic E-state index is 0.487. The van der Waals surface area contributed by atoms with Gasteiger partial charge < -0.3 is 14.6 Å². The Labute approximate surface area is 103 Å². The van der Waals surface area contributed by atoms with Crippen LogP contribution >= 0.6 is 0 Å². The Morgan fingerprint density at radius 1 is 1.59 bits per heavy atom. The molecule has 1 N–H and O–H groups in total. The number of hydrogen-bond acceptors (Lipinski definition) is 4. The fourth-order valence-corrected chi connectivity index (χ4v) is 2.33. The van der Waals surface area contributed by atoms with E-state index in [0.29, 0.717) is 12.0 Å². The Morgan fingerprint density at radius 2 is 2.41 bits per heavy atom. The van der Waals surface area contributed by atoms with Gasteiger partial charge >= 0.3 is 0 Å². The lowest BCUT2D eigenvalue weighted by atomic mass is 10.1. The van der Waals surface area contributed by atoms with Gasteiger partial charge in [-0.3, -0.25) is 0 Å². The van der Waals surface area contributed by atoms with Crippen molar-refractivity contribution in [2.45, 2.75) is 38.6 Å². The lowest BCUT2D eigenvalue weighted by molar-refractivity contribution is 0.268. The molecule has 0 bridgehead atoms. The summed E-state index contributed by atoms with van der Waals surface area (Å²) in [6.45, 7) is 7.68. The molecule has 1 aromatic rings. The normalized spacial score (nSPS) is 21.5. The van der Waals surface area contributed by atoms with Crippen LogP contribution in [0.25, 0.3) is 0 Å². The molecule has 2 heterocycles. The second-order valence-electron chi connectivity index (χ2n) is 5.09. The van der Waals surface area contributed by atoms with Crippen LogP contribution in [0.5, 0.6) is 0 Å². The summed E-state index contributed by atoms with van der Waals surface area (Å²) in [6.07, 6.45) is 3.97. The summed E-state index contributed by atoms with van der Waals surface area (Å²) >= 11 is 0. The van der Waals surface area contributed by atoms with Gasteiger partial charge in [-0.05, 0) is 33.9 Å². The molecule has 96 valence electrons. The second kappa shape index (κ2) is 5.65. The summed E-state index contributed by atoms with van der Waals surface area (Å²) in [5, 5.41) is 3.12. The highest BCUT2D eigenvalue weighted by Gasteiger charge is 2.28. The van der Waals surface area contributed by atoms with E-state index in [2.05, 4.69) is 29.0 Å². The Bertz CT molecular complexity index is 348. The SMILES string of the molecule is CNCCc1cnc(C2CCN(C(C)C)C2)o1. The first-order valence-corrected chi connectivity index (χ1v) is 6.54. The summed E-state index contributed by atoms with van der Waals surface area (Å²) in [5.74, 6) is 2.41. The molecule has 17 heavy (non-hydrogen) atoms. The third kappa shape index (κ3) is 3.07. The van der Waals surface area contributed by atoms with Crippen molar-refractivity contribution in [3.05, 3.63) is 17.8 Å². The average Bonchev–Trinajstić information content (AvgIpc) is 2.94. The van der Waals surface area contributed by atoms with Crippen LogP contribution in [0.2, 0.25) is 0 Å². The molecule has 0 radical (unpaired) electrons. The van der Waals surface area contributed by atoms with E-state index in [1.165, 1.54) is 6.42 Å². The third-order valence-electron chi connectivity index (χ3n) is 3.49. The maximum Gasteiger partial charge on any atom is 0.198 e. The van der Waals surface area contributed by atoms with E-state index in [9.17, 15) is 0 Å². The minimum absolute atomic E-state index is 0.487. The van der Waals surface area contributed by atoms with Crippen molar-refractivity contribution < 1.29 is 4.42 Å². The molecular formula is C13H23N3O. The van der Waals surface area contributed by atoms with Crippen molar-refractivity contribution in [1.29, 1.82) is 0 Å². The number of nitrogens with zero attached hydrogens (tertiary/aromatic N) is 2. The van der Waals surface area contributed by atoms with E-state index >= 15 is 0 Å². The number of nitrogens with one attached hydrogen (secondary N) is 1. The van der Waals surface area contributed by atoms with Gasteiger partial charge in [0.25, 0.3) is 0 Å². The van der Waals surface area contributed by atoms with Crippen molar-refractivity contribution in [2.75, 3.05) is 26.7 Å². The topological polar surface area (TPSA) is 41.3 Å². The molecule has 2 rings (SSSR count). The van der Waals surface area contributed by atoms with Gasteiger partial charge in [-0.15, -0.1) is 0 Å². The van der Waals surface area contributed by atoms with Crippen LogP contribution in [0.1, 0.15) is 37.8 Å². The number of likely N-dealkylation sites (N-methyl/N-ethyl adjacent to an activating group) is 1. The number of hydrogen-bond donors (Lipinski definition) is 1. The van der Waals surface area contributed by atoms with Crippen LogP contribution in [0.4, 0.5) is 0 Å². The zero-order valence-electron chi connectivity index (χ0n) is 11.1. The third-order valence-corrected chi connectivity index (χ3v) is 3.49. The van der Waals surface area contributed by atoms with Crippen LogP contribution in [0, 0.1) is 0 Å². The maximum atomic E-state index is 5.82. The quantitative estimate of drug-likeness (QED) is 0.845. The molecule has 1 aliphatic rings. The first-order valence-electron chi connectivity index (χ1n) is 6.54. The largest absolute Gasteiger partial charge is 0.445 e. The molecule has 1 unspecified atom stereocenters. The van der Waals surface area contributed by atoms with Gasteiger partial charge in [0.15, 0.2) is 5.89 Å². The number of oxazole rings is 1. The Balaban J connectivity index is 1.92. The highest BCUT2D eigenvalue weighted by Crippen LogP contribution is 2.27. The standard InChI is InChI=1S/C13H23N3O/c1-10(2)16-7-5-11(9-16)13-15-8-12(17-13)4-6-14-3/h8,10-11,14H,4-7,9H2,1-3H3. The molecule has 1 aliphatic heterocycles. The molecule has 4 heteroatoms. The van der Waals surface area contributed by atoms with E-state index < -0.39 is 0 Å². The summed E-state index contributed by atoms with van der Waals surface area (Å²) in [7, 11) is 1.95. The summed E-state index contributed by atoms with van der Waals surface area (Å²) in [4.78, 5) is 6.91. The predicted molar refractivity (Wildman–Crippen MR) is 68.2 cm³/mol. The summed E-state index contributed by atoms with van der Waals surface area (Å²) in [5.41, 5.74) is 0. The first-order chi connectivity index (χ1) is 8.20. The highest BCUT2D eigenvalue weighted by atomic mass is 16.4. The molecule has 1 aromatic heterocycles. The van der Waals surface area contributed by atoms with Crippen LogP contribution in [-0.4, -0.2) is 42.6 Å². The fourth-order valence-electron chi connectivity index (χ4n) is 2.33. The van der Waals surface area contributed by atoms with Crippen LogP contribution in [-0.2, 0) is 6.42 Å². The molecule has 0 aliphatic carbocycles. The molecular weight excluding hydrogens is 214 g/mol. The summed E-state index contributed by atoms with van der Waals surface area (Å²) < 4.78 is 5.82. The van der Waals surface area contributed by atoms with Gasteiger partial charge in [-0.1, -0.05) is 0 Å². The lowest BCUT2D eigenvalue weighted by Crippen LogP contribution is -2.27. The second-order valence-corrected chi connectivity index (χ2v) is 5.09. The zero-order chi connectivity index (χ0) is 12.3. The highest BCUT2D eigenvalue weighted by molar-refractivity contribution is 5.03. The average molecular weight is 237 g/mol. The summed E-state index contributed by atoms with van der Waals surface area (Å²) in [6, 6.07) is 0.624. The number of rotatable bonds is 5. The van der Waals surface area contributed by atoms with Crippen molar-refractivity contribution in [3.8, 4) is 0 Å². The minimum Gasteiger partial charge on any atom is -0.445 e. The molecule has 1 atom stereocenters. The molecule has 0 spiro atoms. The van der Waals surface area contributed by atoms with E-state index in [1.807, 2.05) is 13.2 Å². The van der Waals surface area contributed by atoms with Crippen LogP contribution in [0.3, 0.4) is 0 Å². The van der Waals surface area contributed by atoms with Gasteiger partial charge in [0.05, 0.1) is 6.20 Å². The number of aromatic nitrogens is 1. The number of likely N-dealkylation sites (tertiary alicyclic amines) is 1. The van der Waals surface area contributed by atoms with E-state index in [-0.39, 0.29) is 0 Å². The zero-order valence-corrected chi connectivity index (χ0v) is 11.1. The van der Waals surface area contributed by atoms with Crippen LogP contribution < -0.4 is 5.32 Å². The Hall–Kier alpha value is -0.870. The van der Waals surface area contributed by atoms with Gasteiger partial charge in [0.2, 0.25) is 0 Å². The van der Waals surface area contributed by atoms with E-state index in [1.54, 1.807) is 0 Å². The molecule has 0 aromatic carbocycles. The van der Waals surface area contributed by atoms with Crippen molar-refractivity contribution in [3.63, 3.8) is 0 Å². The van der Waals surface area contributed by atoms with Crippen LogP contribution in [0.15, 0.2) is 10.6 Å². The van der Waals surface area contributed by atoms with Gasteiger partial charge in [-0.25, -0.2) is 4.98 Å². The van der Waals surface area contributed by atoms with Crippen molar-refractivity contribution >= 4 is 0 Å². The molecule has 0 amide bonds. The first kappa shape index (κ1) is 12.6. The van der Waals surface area contributed by atoms with Gasteiger partial charge in [-0.2, -0.15) is 0 Å². The van der Waals surface area contributed by atoms with E-state index in [4.69, 9.17) is 4.42 Å². The smallest absolute Gasteiger partial charge is 0.198 e. The fraction of sp³-hybridized carbons (Fsp3) is 0.769. The van der Waals surface area contributed by atoms with Crippen molar-refractivity contribution in [2.24, 2.45) is 0 Å². The Morgan fingerprint density at radius 3 is 3.06 bits per heavy atom. The lowest BCUT2D eigenvalue weighted by Gasteiger charge is -2.19. The maximum absolute atomic E-state index is 5.82. The molecule has 4 nitrogen and oxygen atoms in total. The Kier molecular flexibility index (Phi) is 4.18. The monoisotopic (exact) mass is 237 g/mol. The molecule has 1 saturated heterocycles. The molecule has 0 saturated carbocycles. The van der Waals surface area contributed by atoms with Gasteiger partial charge in [0.1, 0.15) is 5.76 Å². The van der Waals surface area contributed by atoms with Crippen molar-refractivity contribution in [1.82, 2.24) is 15.2 Å². The van der Waals surface area contributed by atoms with E-state index in [0.717, 1.165) is 37.7 Å².